The number of halogens is 1. The minimum atomic E-state index is -0.249. The van der Waals surface area contributed by atoms with Crippen molar-refractivity contribution in [1.82, 2.24) is 15.2 Å². The van der Waals surface area contributed by atoms with Crippen molar-refractivity contribution >= 4 is 17.1 Å². The van der Waals surface area contributed by atoms with E-state index >= 15 is 0 Å². The van der Waals surface area contributed by atoms with Gasteiger partial charge in [-0.3, -0.25) is 0 Å². The molecule has 0 spiro atoms. The molecule has 140 valence electrons. The van der Waals surface area contributed by atoms with E-state index in [0.29, 0.717) is 25.2 Å². The van der Waals surface area contributed by atoms with Gasteiger partial charge in [-0.15, -0.1) is 0 Å². The Kier molecular flexibility index (Phi) is 4.79. The molecule has 1 N–H and O–H groups in total. The number of para-hydroxylation sites is 2. The maximum absolute atomic E-state index is 13.6. The highest BCUT2D eigenvalue weighted by Gasteiger charge is 2.26. The third-order valence-electron chi connectivity index (χ3n) is 5.12. The molecule has 0 atom stereocenters. The van der Waals surface area contributed by atoms with Crippen LogP contribution in [-0.4, -0.2) is 29.0 Å². The van der Waals surface area contributed by atoms with Crippen molar-refractivity contribution in [2.45, 2.75) is 32.2 Å². The van der Waals surface area contributed by atoms with Gasteiger partial charge in [-0.05, 0) is 49.1 Å². The van der Waals surface area contributed by atoms with Crippen molar-refractivity contribution in [3.05, 3.63) is 65.3 Å². The zero-order valence-corrected chi connectivity index (χ0v) is 15.2. The fraction of sp³-hybridized carbons (Fsp3) is 0.333. The second-order valence-corrected chi connectivity index (χ2v) is 7.02. The summed E-state index contributed by atoms with van der Waals surface area (Å²) in [7, 11) is 0. The maximum Gasteiger partial charge on any atom is 0.317 e. The first-order chi connectivity index (χ1) is 13.1. The molecule has 0 radical (unpaired) electrons. The average molecular weight is 367 g/mol. The van der Waals surface area contributed by atoms with E-state index in [-0.39, 0.29) is 17.8 Å². The summed E-state index contributed by atoms with van der Waals surface area (Å²) in [5.74, 6) is 0.736. The van der Waals surface area contributed by atoms with Gasteiger partial charge >= 0.3 is 6.03 Å². The van der Waals surface area contributed by atoms with Gasteiger partial charge in [0.2, 0.25) is 0 Å². The number of urea groups is 1. The number of nitrogens with one attached hydrogen (secondary N) is 1. The largest absolute Gasteiger partial charge is 0.440 e. The van der Waals surface area contributed by atoms with Gasteiger partial charge in [0, 0.05) is 25.6 Å². The number of hydrogen-bond donors (Lipinski definition) is 1. The normalized spacial score (nSPS) is 15.3. The van der Waals surface area contributed by atoms with E-state index in [1.807, 2.05) is 30.3 Å². The molecule has 0 saturated carbocycles. The van der Waals surface area contributed by atoms with Crippen LogP contribution in [0, 0.1) is 12.7 Å². The number of fused-ring (bicyclic) bond motifs is 1. The second kappa shape index (κ2) is 7.39. The zero-order valence-electron chi connectivity index (χ0n) is 15.2. The van der Waals surface area contributed by atoms with Gasteiger partial charge in [0.1, 0.15) is 11.3 Å². The lowest BCUT2D eigenvalue weighted by molar-refractivity contribution is 0.177. The number of hydrogen-bond acceptors (Lipinski definition) is 3. The summed E-state index contributed by atoms with van der Waals surface area (Å²) in [6.07, 6.45) is 1.64. The molecule has 2 heterocycles. The van der Waals surface area contributed by atoms with Crippen molar-refractivity contribution in [2.24, 2.45) is 0 Å². The molecule has 2 aromatic carbocycles. The number of piperidine rings is 1. The number of amides is 2. The molecular weight excluding hydrogens is 345 g/mol. The van der Waals surface area contributed by atoms with E-state index in [0.717, 1.165) is 35.4 Å². The number of oxazole rings is 1. The number of carbonyl (C=O) groups excluding carboxylic acids is 1. The van der Waals surface area contributed by atoms with Crippen molar-refractivity contribution in [3.63, 3.8) is 0 Å². The fourth-order valence-electron chi connectivity index (χ4n) is 3.43. The van der Waals surface area contributed by atoms with Crippen LogP contribution < -0.4 is 5.32 Å². The number of benzene rings is 2. The van der Waals surface area contributed by atoms with Gasteiger partial charge in [0.25, 0.3) is 0 Å². The standard InChI is InChI=1S/C21H22FN3O2/c1-14-6-7-15(12-17(14)22)13-23-21(26)25-10-8-16(9-11-25)20-24-18-4-2-3-5-19(18)27-20/h2-7,12,16H,8-11,13H2,1H3,(H,23,26). The minimum Gasteiger partial charge on any atom is -0.440 e. The Hall–Kier alpha value is -2.89. The van der Waals surface area contributed by atoms with E-state index in [9.17, 15) is 9.18 Å². The van der Waals surface area contributed by atoms with E-state index in [4.69, 9.17) is 4.42 Å². The number of aryl methyl sites for hydroxylation is 1. The van der Waals surface area contributed by atoms with Crippen molar-refractivity contribution in [2.75, 3.05) is 13.1 Å². The summed E-state index contributed by atoms with van der Waals surface area (Å²) < 4.78 is 19.5. The Morgan fingerprint density at radius 3 is 2.78 bits per heavy atom. The van der Waals surface area contributed by atoms with E-state index < -0.39 is 0 Å². The van der Waals surface area contributed by atoms with Crippen LogP contribution in [0.2, 0.25) is 0 Å². The molecule has 0 unspecified atom stereocenters. The summed E-state index contributed by atoms with van der Waals surface area (Å²) in [6, 6.07) is 12.6. The second-order valence-electron chi connectivity index (χ2n) is 7.02. The molecule has 4 rings (SSSR count). The molecule has 2 amide bonds. The number of likely N-dealkylation sites (tertiary alicyclic amines) is 1. The van der Waals surface area contributed by atoms with Crippen LogP contribution in [0.4, 0.5) is 9.18 Å². The third kappa shape index (κ3) is 3.79. The molecule has 1 saturated heterocycles. The first-order valence-electron chi connectivity index (χ1n) is 9.23. The lowest BCUT2D eigenvalue weighted by Gasteiger charge is -2.30. The highest BCUT2D eigenvalue weighted by molar-refractivity contribution is 5.74. The molecule has 6 heteroatoms. The van der Waals surface area contributed by atoms with Crippen LogP contribution in [0.15, 0.2) is 46.9 Å². The molecule has 3 aromatic rings. The quantitative estimate of drug-likeness (QED) is 0.748. The van der Waals surface area contributed by atoms with Crippen molar-refractivity contribution < 1.29 is 13.6 Å². The summed E-state index contributed by atoms with van der Waals surface area (Å²) in [4.78, 5) is 18.8. The smallest absolute Gasteiger partial charge is 0.317 e. The van der Waals surface area contributed by atoms with Crippen molar-refractivity contribution in [3.8, 4) is 0 Å². The predicted molar refractivity (Wildman–Crippen MR) is 101 cm³/mol. The van der Waals surface area contributed by atoms with Gasteiger partial charge in [0.05, 0.1) is 0 Å². The first-order valence-corrected chi connectivity index (χ1v) is 9.23. The van der Waals surface area contributed by atoms with Gasteiger partial charge in [-0.2, -0.15) is 0 Å². The highest BCUT2D eigenvalue weighted by Crippen LogP contribution is 2.29. The third-order valence-corrected chi connectivity index (χ3v) is 5.12. The molecule has 1 fully saturated rings. The Morgan fingerprint density at radius 2 is 2.04 bits per heavy atom. The molecule has 1 aromatic heterocycles. The van der Waals surface area contributed by atoms with Crippen LogP contribution in [0.5, 0.6) is 0 Å². The Morgan fingerprint density at radius 1 is 1.26 bits per heavy atom. The molecule has 1 aliphatic heterocycles. The summed E-state index contributed by atoms with van der Waals surface area (Å²) in [5.41, 5.74) is 3.04. The van der Waals surface area contributed by atoms with E-state index in [2.05, 4.69) is 10.3 Å². The van der Waals surface area contributed by atoms with Gasteiger partial charge < -0.3 is 14.6 Å². The summed E-state index contributed by atoms with van der Waals surface area (Å²) >= 11 is 0. The maximum atomic E-state index is 13.6. The Bertz CT molecular complexity index is 928. The fourth-order valence-corrected chi connectivity index (χ4v) is 3.43. The molecule has 1 aliphatic rings. The van der Waals surface area contributed by atoms with Crippen LogP contribution in [0.1, 0.15) is 35.8 Å². The van der Waals surface area contributed by atoms with Crippen LogP contribution in [0.25, 0.3) is 11.1 Å². The number of rotatable bonds is 3. The van der Waals surface area contributed by atoms with Gasteiger partial charge in [-0.1, -0.05) is 24.3 Å². The van der Waals surface area contributed by atoms with E-state index in [1.54, 1.807) is 17.9 Å². The number of nitrogens with zero attached hydrogens (tertiary/aromatic N) is 2. The predicted octanol–water partition coefficient (Wildman–Crippen LogP) is 4.36. The molecule has 0 bridgehead atoms. The van der Waals surface area contributed by atoms with Gasteiger partial charge in [0.15, 0.2) is 11.5 Å². The molecular formula is C21H22FN3O2. The zero-order chi connectivity index (χ0) is 18.8. The lowest BCUT2D eigenvalue weighted by Crippen LogP contribution is -2.43. The van der Waals surface area contributed by atoms with Gasteiger partial charge in [-0.25, -0.2) is 14.2 Å². The monoisotopic (exact) mass is 367 g/mol. The lowest BCUT2D eigenvalue weighted by atomic mass is 9.97. The highest BCUT2D eigenvalue weighted by atomic mass is 19.1. The van der Waals surface area contributed by atoms with Crippen LogP contribution in [0.3, 0.4) is 0 Å². The Labute approximate surface area is 157 Å². The average Bonchev–Trinajstić information content (AvgIpc) is 3.13. The SMILES string of the molecule is Cc1ccc(CNC(=O)N2CCC(c3nc4ccccc4o3)CC2)cc1F. The van der Waals surface area contributed by atoms with Crippen LogP contribution >= 0.6 is 0 Å². The minimum absolute atomic E-state index is 0.119. The Balaban J connectivity index is 1.31. The van der Waals surface area contributed by atoms with E-state index in [1.165, 1.54) is 6.07 Å². The number of aromatic nitrogens is 1. The molecule has 5 nitrogen and oxygen atoms in total. The topological polar surface area (TPSA) is 58.4 Å². The first kappa shape index (κ1) is 17.5. The van der Waals surface area contributed by atoms with Crippen LogP contribution in [-0.2, 0) is 6.54 Å². The molecule has 0 aliphatic carbocycles. The molecule has 27 heavy (non-hydrogen) atoms. The summed E-state index contributed by atoms with van der Waals surface area (Å²) in [6.45, 7) is 3.34. The summed E-state index contributed by atoms with van der Waals surface area (Å²) in [5, 5.41) is 2.87. The van der Waals surface area contributed by atoms with Crippen molar-refractivity contribution in [1.29, 1.82) is 0 Å². The number of carbonyl (C=O) groups is 1.